The van der Waals surface area contributed by atoms with E-state index in [1.54, 1.807) is 10.6 Å². The van der Waals surface area contributed by atoms with E-state index in [0.29, 0.717) is 18.1 Å². The lowest BCUT2D eigenvalue weighted by atomic mass is 10.2. The van der Waals surface area contributed by atoms with Gasteiger partial charge in [-0.2, -0.15) is 0 Å². The number of fused-ring (bicyclic) bond motifs is 1. The molecule has 5 heteroatoms. The molecule has 0 aliphatic rings. The van der Waals surface area contributed by atoms with Crippen molar-refractivity contribution < 1.29 is 9.13 Å². The zero-order valence-corrected chi connectivity index (χ0v) is 11.0. The number of rotatable bonds is 3. The van der Waals surface area contributed by atoms with Crippen LogP contribution < -0.4 is 10.5 Å². The fourth-order valence-electron chi connectivity index (χ4n) is 2.22. The van der Waals surface area contributed by atoms with Crippen molar-refractivity contribution in [1.29, 1.82) is 0 Å². The molecule has 1 aromatic heterocycles. The molecule has 0 unspecified atom stereocenters. The summed E-state index contributed by atoms with van der Waals surface area (Å²) in [5.41, 5.74) is 8.08. The van der Waals surface area contributed by atoms with Gasteiger partial charge in [0.25, 0.3) is 0 Å². The van der Waals surface area contributed by atoms with Crippen molar-refractivity contribution in [2.75, 3.05) is 12.3 Å². The monoisotopic (exact) mass is 271 g/mol. The first-order chi connectivity index (χ1) is 9.69. The Bertz CT molecular complexity index is 767. The minimum Gasteiger partial charge on any atom is -0.494 e. The smallest absolute Gasteiger partial charge is 0.205 e. The van der Waals surface area contributed by atoms with Gasteiger partial charge in [-0.15, -0.1) is 0 Å². The van der Waals surface area contributed by atoms with Crippen molar-refractivity contribution in [3.63, 3.8) is 0 Å². The molecular weight excluding hydrogens is 257 g/mol. The van der Waals surface area contributed by atoms with Gasteiger partial charge in [0, 0.05) is 12.1 Å². The molecule has 20 heavy (non-hydrogen) atoms. The standard InChI is InChI=1S/C15H14FN3O/c1-2-20-12-5-3-4-11(9-12)19-14-7-6-10(16)8-13(14)18-15(19)17/h3-9H,2H2,1H3,(H2,17,18). The number of aromatic nitrogens is 2. The number of nitrogens with two attached hydrogens (primary N) is 1. The van der Waals surface area contributed by atoms with Crippen LogP contribution in [-0.2, 0) is 0 Å². The molecule has 0 radical (unpaired) electrons. The summed E-state index contributed by atoms with van der Waals surface area (Å²) in [7, 11) is 0. The van der Waals surface area contributed by atoms with Crippen LogP contribution in [0.2, 0.25) is 0 Å². The number of hydrogen-bond donors (Lipinski definition) is 1. The van der Waals surface area contributed by atoms with E-state index in [1.165, 1.54) is 12.1 Å². The second kappa shape index (κ2) is 4.85. The Balaban J connectivity index is 2.18. The Hall–Kier alpha value is -2.56. The largest absolute Gasteiger partial charge is 0.494 e. The summed E-state index contributed by atoms with van der Waals surface area (Å²) in [5, 5.41) is 0. The molecular formula is C15H14FN3O. The van der Waals surface area contributed by atoms with Crippen molar-refractivity contribution in [3.8, 4) is 11.4 Å². The molecule has 0 amide bonds. The molecule has 1 heterocycles. The first-order valence-electron chi connectivity index (χ1n) is 6.35. The third-order valence-corrected chi connectivity index (χ3v) is 3.03. The van der Waals surface area contributed by atoms with Crippen molar-refractivity contribution in [2.24, 2.45) is 0 Å². The normalized spacial score (nSPS) is 10.9. The van der Waals surface area contributed by atoms with Crippen LogP contribution in [0.3, 0.4) is 0 Å². The number of nitrogen functional groups attached to an aromatic ring is 1. The molecule has 0 saturated carbocycles. The molecule has 2 N–H and O–H groups in total. The highest BCUT2D eigenvalue weighted by molar-refractivity contribution is 5.81. The van der Waals surface area contributed by atoms with Crippen molar-refractivity contribution >= 4 is 17.0 Å². The minimum atomic E-state index is -0.329. The molecule has 102 valence electrons. The van der Waals surface area contributed by atoms with Crippen LogP contribution in [0.4, 0.5) is 10.3 Å². The summed E-state index contributed by atoms with van der Waals surface area (Å²) in [4.78, 5) is 4.19. The first kappa shape index (κ1) is 12.5. The lowest BCUT2D eigenvalue weighted by molar-refractivity contribution is 0.340. The maximum atomic E-state index is 13.2. The maximum absolute atomic E-state index is 13.2. The van der Waals surface area contributed by atoms with Crippen molar-refractivity contribution in [3.05, 3.63) is 48.3 Å². The van der Waals surface area contributed by atoms with Crippen molar-refractivity contribution in [1.82, 2.24) is 9.55 Å². The van der Waals surface area contributed by atoms with E-state index in [-0.39, 0.29) is 5.82 Å². The summed E-state index contributed by atoms with van der Waals surface area (Å²) < 4.78 is 20.5. The number of anilines is 1. The summed E-state index contributed by atoms with van der Waals surface area (Å²) >= 11 is 0. The van der Waals surface area contributed by atoms with Gasteiger partial charge in [-0.25, -0.2) is 9.37 Å². The third-order valence-electron chi connectivity index (χ3n) is 3.03. The predicted octanol–water partition coefficient (Wildman–Crippen LogP) is 3.15. The molecule has 0 aliphatic carbocycles. The van der Waals surface area contributed by atoms with Crippen LogP contribution in [0.25, 0.3) is 16.7 Å². The third kappa shape index (κ3) is 2.07. The number of benzene rings is 2. The Kier molecular flexibility index (Phi) is 3.02. The van der Waals surface area contributed by atoms with Crippen LogP contribution in [0, 0.1) is 5.82 Å². The molecule has 4 nitrogen and oxygen atoms in total. The number of ether oxygens (including phenoxy) is 1. The van der Waals surface area contributed by atoms with Crippen molar-refractivity contribution in [2.45, 2.75) is 6.92 Å². The van der Waals surface area contributed by atoms with E-state index in [9.17, 15) is 4.39 Å². The topological polar surface area (TPSA) is 53.1 Å². The number of imidazole rings is 1. The minimum absolute atomic E-state index is 0.319. The zero-order chi connectivity index (χ0) is 14.1. The molecule has 3 aromatic rings. The second-order valence-electron chi connectivity index (χ2n) is 4.37. The summed E-state index contributed by atoms with van der Waals surface area (Å²) in [6.45, 7) is 2.52. The highest BCUT2D eigenvalue weighted by atomic mass is 19.1. The molecule has 0 spiro atoms. The highest BCUT2D eigenvalue weighted by Crippen LogP contribution is 2.25. The lowest BCUT2D eigenvalue weighted by Gasteiger charge is -2.09. The van der Waals surface area contributed by atoms with Gasteiger partial charge >= 0.3 is 0 Å². The molecule has 0 bridgehead atoms. The Morgan fingerprint density at radius 1 is 1.25 bits per heavy atom. The number of nitrogens with zero attached hydrogens (tertiary/aromatic N) is 2. The summed E-state index contributed by atoms with van der Waals surface area (Å²) in [5.74, 6) is 0.748. The number of hydrogen-bond acceptors (Lipinski definition) is 3. The Morgan fingerprint density at radius 2 is 2.10 bits per heavy atom. The van der Waals surface area contributed by atoms with Gasteiger partial charge < -0.3 is 10.5 Å². The fraction of sp³-hybridized carbons (Fsp3) is 0.133. The van der Waals surface area contributed by atoms with Gasteiger partial charge in [0.15, 0.2) is 0 Å². The summed E-state index contributed by atoms with van der Waals surface area (Å²) in [6, 6.07) is 12.0. The van der Waals surface area contributed by atoms with Crippen LogP contribution in [0.15, 0.2) is 42.5 Å². The molecule has 0 aliphatic heterocycles. The van der Waals surface area contributed by atoms with E-state index in [2.05, 4.69) is 4.98 Å². The fourth-order valence-corrected chi connectivity index (χ4v) is 2.22. The second-order valence-corrected chi connectivity index (χ2v) is 4.37. The zero-order valence-electron chi connectivity index (χ0n) is 11.0. The van der Waals surface area contributed by atoms with E-state index >= 15 is 0 Å². The van der Waals surface area contributed by atoms with Gasteiger partial charge in [-0.3, -0.25) is 4.57 Å². The molecule has 0 saturated heterocycles. The molecule has 0 fully saturated rings. The van der Waals surface area contributed by atoms with Gasteiger partial charge in [0.05, 0.1) is 23.3 Å². The van der Waals surface area contributed by atoms with E-state index in [1.807, 2.05) is 31.2 Å². The summed E-state index contributed by atoms with van der Waals surface area (Å²) in [6.07, 6.45) is 0. The Morgan fingerprint density at radius 3 is 2.90 bits per heavy atom. The Labute approximate surface area is 115 Å². The van der Waals surface area contributed by atoms with Gasteiger partial charge in [0.2, 0.25) is 5.95 Å². The number of halogens is 1. The first-order valence-corrected chi connectivity index (χ1v) is 6.35. The maximum Gasteiger partial charge on any atom is 0.205 e. The van der Waals surface area contributed by atoms with E-state index < -0.39 is 0 Å². The molecule has 2 aromatic carbocycles. The van der Waals surface area contributed by atoms with E-state index in [0.717, 1.165) is 17.0 Å². The van der Waals surface area contributed by atoms with E-state index in [4.69, 9.17) is 10.5 Å². The van der Waals surface area contributed by atoms with Crippen LogP contribution in [0.5, 0.6) is 5.75 Å². The van der Waals surface area contributed by atoms with Crippen LogP contribution in [-0.4, -0.2) is 16.2 Å². The quantitative estimate of drug-likeness (QED) is 0.796. The lowest BCUT2D eigenvalue weighted by Crippen LogP contribution is -2.01. The van der Waals surface area contributed by atoms with Gasteiger partial charge in [-0.05, 0) is 31.2 Å². The average molecular weight is 271 g/mol. The average Bonchev–Trinajstić information content (AvgIpc) is 2.74. The predicted molar refractivity (Wildman–Crippen MR) is 76.6 cm³/mol. The van der Waals surface area contributed by atoms with Gasteiger partial charge in [-0.1, -0.05) is 6.07 Å². The van der Waals surface area contributed by atoms with Crippen LogP contribution >= 0.6 is 0 Å². The SMILES string of the molecule is CCOc1cccc(-n2c(N)nc3cc(F)ccc32)c1. The van der Waals surface area contributed by atoms with Gasteiger partial charge in [0.1, 0.15) is 11.6 Å². The molecule has 0 atom stereocenters. The molecule has 3 rings (SSSR count). The highest BCUT2D eigenvalue weighted by Gasteiger charge is 2.11. The van der Waals surface area contributed by atoms with Crippen LogP contribution in [0.1, 0.15) is 6.92 Å².